The summed E-state index contributed by atoms with van der Waals surface area (Å²) in [5.41, 5.74) is 2.40. The van der Waals surface area contributed by atoms with Crippen molar-refractivity contribution >= 4 is 33.4 Å². The highest BCUT2D eigenvalue weighted by atomic mass is 16.5. The Morgan fingerprint density at radius 3 is 2.67 bits per heavy atom. The molecule has 2 heterocycles. The summed E-state index contributed by atoms with van der Waals surface area (Å²) < 4.78 is 5.10. The van der Waals surface area contributed by atoms with E-state index in [1.165, 1.54) is 0 Å². The molecule has 0 bridgehead atoms. The maximum Gasteiger partial charge on any atom is 0.291 e. The Morgan fingerprint density at radius 2 is 1.92 bits per heavy atom. The average Bonchev–Trinajstić information content (AvgIpc) is 3.26. The zero-order chi connectivity index (χ0) is 16.7. The molecule has 0 saturated carbocycles. The fourth-order valence-electron chi connectivity index (χ4n) is 2.64. The van der Waals surface area contributed by atoms with Gasteiger partial charge in [0.05, 0.1) is 24.5 Å². The van der Waals surface area contributed by atoms with Gasteiger partial charge in [-0.05, 0) is 36.4 Å². The largest absolute Gasteiger partial charge is 0.497 e. The van der Waals surface area contributed by atoms with Gasteiger partial charge in [0.1, 0.15) is 17.0 Å². The Kier molecular flexibility index (Phi) is 3.17. The smallest absolute Gasteiger partial charge is 0.291 e. The van der Waals surface area contributed by atoms with E-state index in [-0.39, 0.29) is 5.91 Å². The number of nitrogens with zero attached hydrogens (tertiary/aromatic N) is 3. The van der Waals surface area contributed by atoms with Crippen molar-refractivity contribution in [3.05, 3.63) is 48.3 Å². The van der Waals surface area contributed by atoms with Crippen LogP contribution in [-0.4, -0.2) is 33.4 Å². The molecular weight excluding hydrogens is 308 g/mol. The molecule has 0 aliphatic rings. The first kappa shape index (κ1) is 14.2. The fourth-order valence-corrected chi connectivity index (χ4v) is 2.64. The fraction of sp³-hybridized carbons (Fsp3) is 0.0625. The van der Waals surface area contributed by atoms with Crippen LogP contribution in [0.3, 0.4) is 0 Å². The number of aromatic amines is 2. The van der Waals surface area contributed by atoms with E-state index in [1.54, 1.807) is 37.6 Å². The van der Waals surface area contributed by atoms with Crippen LogP contribution >= 0.6 is 0 Å². The van der Waals surface area contributed by atoms with Crippen molar-refractivity contribution in [1.29, 1.82) is 0 Å². The minimum absolute atomic E-state index is 0.325. The lowest BCUT2D eigenvalue weighted by atomic mass is 10.1. The highest BCUT2D eigenvalue weighted by Gasteiger charge is 2.20. The van der Waals surface area contributed by atoms with Crippen LogP contribution in [0.5, 0.6) is 5.75 Å². The van der Waals surface area contributed by atoms with Crippen molar-refractivity contribution < 1.29 is 9.53 Å². The van der Waals surface area contributed by atoms with E-state index in [1.807, 2.05) is 12.1 Å². The molecule has 0 radical (unpaired) electrons. The van der Waals surface area contributed by atoms with E-state index >= 15 is 0 Å². The molecule has 0 aliphatic carbocycles. The SMILES string of the molecule is COc1ccc(N(N)C(=O)c2[nH]nc3c2ccc2[nH]ncc23)cc1. The predicted octanol–water partition coefficient (Wildman–Crippen LogP) is 1.97. The molecule has 2 aromatic heterocycles. The Hall–Kier alpha value is -3.39. The molecule has 4 aromatic rings. The van der Waals surface area contributed by atoms with E-state index in [2.05, 4.69) is 20.4 Å². The number of nitrogens with one attached hydrogen (secondary N) is 2. The van der Waals surface area contributed by atoms with Crippen LogP contribution in [-0.2, 0) is 0 Å². The number of carbonyl (C=O) groups excluding carboxylic acids is 1. The van der Waals surface area contributed by atoms with Crippen molar-refractivity contribution in [3.8, 4) is 5.75 Å². The number of rotatable bonds is 3. The average molecular weight is 322 g/mol. The molecule has 120 valence electrons. The zero-order valence-electron chi connectivity index (χ0n) is 12.8. The summed E-state index contributed by atoms with van der Waals surface area (Å²) in [6.45, 7) is 0. The van der Waals surface area contributed by atoms with Crippen LogP contribution in [0.2, 0.25) is 0 Å². The number of ether oxygens (including phenoxy) is 1. The maximum absolute atomic E-state index is 12.7. The molecule has 0 saturated heterocycles. The third-order valence-corrected chi connectivity index (χ3v) is 3.93. The molecule has 4 rings (SSSR count). The van der Waals surface area contributed by atoms with Gasteiger partial charge in [-0.15, -0.1) is 0 Å². The first-order valence-electron chi connectivity index (χ1n) is 7.22. The van der Waals surface area contributed by atoms with Crippen LogP contribution < -0.4 is 15.6 Å². The van der Waals surface area contributed by atoms with Crippen LogP contribution in [0.1, 0.15) is 10.5 Å². The van der Waals surface area contributed by atoms with Crippen LogP contribution in [0.15, 0.2) is 42.6 Å². The molecule has 2 aromatic carbocycles. The zero-order valence-corrected chi connectivity index (χ0v) is 12.8. The number of H-pyrrole nitrogens is 2. The molecule has 8 nitrogen and oxygen atoms in total. The Labute approximate surface area is 136 Å². The van der Waals surface area contributed by atoms with Gasteiger partial charge in [0.15, 0.2) is 0 Å². The summed E-state index contributed by atoms with van der Waals surface area (Å²) in [5, 5.41) is 16.5. The summed E-state index contributed by atoms with van der Waals surface area (Å²) in [6.07, 6.45) is 1.68. The number of anilines is 1. The molecular formula is C16H14N6O2. The van der Waals surface area contributed by atoms with Crippen molar-refractivity contribution in [2.24, 2.45) is 5.84 Å². The molecule has 0 unspecified atom stereocenters. The Morgan fingerprint density at radius 1 is 1.12 bits per heavy atom. The number of nitrogens with two attached hydrogens (primary N) is 1. The number of fused-ring (bicyclic) bond motifs is 3. The third kappa shape index (κ3) is 2.09. The second-order valence-electron chi connectivity index (χ2n) is 5.26. The van der Waals surface area contributed by atoms with E-state index in [0.717, 1.165) is 15.9 Å². The minimum atomic E-state index is -0.384. The van der Waals surface area contributed by atoms with E-state index in [9.17, 15) is 4.79 Å². The number of hydrogen-bond acceptors (Lipinski definition) is 5. The third-order valence-electron chi connectivity index (χ3n) is 3.93. The first-order chi connectivity index (χ1) is 11.7. The molecule has 0 atom stereocenters. The van der Waals surface area contributed by atoms with Crippen molar-refractivity contribution in [3.63, 3.8) is 0 Å². The lowest BCUT2D eigenvalue weighted by molar-refractivity contribution is 0.0983. The Bertz CT molecular complexity index is 1030. The van der Waals surface area contributed by atoms with Crippen LogP contribution in [0.4, 0.5) is 5.69 Å². The van der Waals surface area contributed by atoms with E-state index in [0.29, 0.717) is 28.0 Å². The number of amides is 1. The van der Waals surface area contributed by atoms with Crippen LogP contribution in [0, 0.1) is 0 Å². The normalized spacial score (nSPS) is 11.1. The number of hydrogen-bond donors (Lipinski definition) is 3. The van der Waals surface area contributed by atoms with Gasteiger partial charge in [-0.3, -0.25) is 15.0 Å². The molecule has 0 spiro atoms. The lowest BCUT2D eigenvalue weighted by Crippen LogP contribution is -2.37. The minimum Gasteiger partial charge on any atom is -0.497 e. The molecule has 8 heteroatoms. The van der Waals surface area contributed by atoms with E-state index < -0.39 is 0 Å². The van der Waals surface area contributed by atoms with Crippen LogP contribution in [0.25, 0.3) is 21.8 Å². The number of aromatic nitrogens is 4. The van der Waals surface area contributed by atoms with Gasteiger partial charge in [-0.2, -0.15) is 10.2 Å². The first-order valence-corrected chi connectivity index (χ1v) is 7.22. The van der Waals surface area contributed by atoms with Gasteiger partial charge in [0.2, 0.25) is 0 Å². The summed E-state index contributed by atoms with van der Waals surface area (Å²) in [6, 6.07) is 10.6. The number of carbonyl (C=O) groups is 1. The summed E-state index contributed by atoms with van der Waals surface area (Å²) in [4.78, 5) is 12.7. The molecule has 1 amide bonds. The second kappa shape index (κ2) is 5.36. The van der Waals surface area contributed by atoms with Gasteiger partial charge in [-0.25, -0.2) is 10.9 Å². The Balaban J connectivity index is 1.74. The predicted molar refractivity (Wildman–Crippen MR) is 89.7 cm³/mol. The molecule has 24 heavy (non-hydrogen) atoms. The highest BCUT2D eigenvalue weighted by molar-refractivity contribution is 6.16. The molecule has 4 N–H and O–H groups in total. The second-order valence-corrected chi connectivity index (χ2v) is 5.26. The summed E-state index contributed by atoms with van der Waals surface area (Å²) >= 11 is 0. The van der Waals surface area contributed by atoms with Crippen molar-refractivity contribution in [1.82, 2.24) is 20.4 Å². The van der Waals surface area contributed by atoms with E-state index in [4.69, 9.17) is 10.6 Å². The number of methoxy groups -OCH3 is 1. The summed E-state index contributed by atoms with van der Waals surface area (Å²) in [7, 11) is 1.58. The van der Waals surface area contributed by atoms with Gasteiger partial charge in [0, 0.05) is 10.8 Å². The quantitative estimate of drug-likeness (QED) is 0.303. The number of benzene rings is 2. The van der Waals surface area contributed by atoms with Gasteiger partial charge in [-0.1, -0.05) is 0 Å². The monoisotopic (exact) mass is 322 g/mol. The highest BCUT2D eigenvalue weighted by Crippen LogP contribution is 2.26. The topological polar surface area (TPSA) is 113 Å². The van der Waals surface area contributed by atoms with Crippen molar-refractivity contribution in [2.75, 3.05) is 12.1 Å². The lowest BCUT2D eigenvalue weighted by Gasteiger charge is -2.16. The number of hydrazine groups is 1. The van der Waals surface area contributed by atoms with Crippen molar-refractivity contribution in [2.45, 2.75) is 0 Å². The van der Waals surface area contributed by atoms with Gasteiger partial charge < -0.3 is 4.74 Å². The standard InChI is InChI=1S/C16H14N6O2/c1-24-10-4-2-9(3-5-10)22(17)16(23)15-11-6-7-13-12(8-18-19-13)14(11)20-21-15/h2-8H,17H2,1H3,(H,18,19)(H,20,21). The molecule has 0 aliphatic heterocycles. The molecule has 0 fully saturated rings. The van der Waals surface area contributed by atoms with Gasteiger partial charge in [0.25, 0.3) is 5.91 Å². The summed E-state index contributed by atoms with van der Waals surface area (Å²) in [5.74, 6) is 6.29. The van der Waals surface area contributed by atoms with Gasteiger partial charge >= 0.3 is 0 Å². The maximum atomic E-state index is 12.7.